The largest absolute Gasteiger partial charge is 0.394 e. The van der Waals surface area contributed by atoms with Crippen molar-refractivity contribution in [3.63, 3.8) is 0 Å². The minimum absolute atomic E-state index is 0. The van der Waals surface area contributed by atoms with E-state index in [0.29, 0.717) is 0 Å². The van der Waals surface area contributed by atoms with E-state index in [2.05, 4.69) is 0 Å². The van der Waals surface area contributed by atoms with Crippen LogP contribution in [0.25, 0.3) is 0 Å². The van der Waals surface area contributed by atoms with Gasteiger partial charge in [0.05, 0.1) is 0 Å². The van der Waals surface area contributed by atoms with E-state index in [0.717, 1.165) is 0 Å². The average Bonchev–Trinajstić information content (AvgIpc) is 1.54. The molecule has 4 heteroatoms. The molecule has 3 radical (unpaired) electrons. The number of aliphatic hydroxyl groups excluding tert-OH is 3. The standard InChI is InChI=1S/3C3H8O.Bi/c3*1-3(2)4;/h3*3-4H,1-2H3;. The first-order valence-corrected chi connectivity index (χ1v) is 4.24. The average molecular weight is 389 g/mol. The molecule has 0 aromatic heterocycles. The Labute approximate surface area is 101 Å². The van der Waals surface area contributed by atoms with Crippen molar-refractivity contribution in [1.82, 2.24) is 0 Å². The van der Waals surface area contributed by atoms with Crippen LogP contribution in [0.3, 0.4) is 0 Å². The zero-order valence-corrected chi connectivity index (χ0v) is 13.0. The van der Waals surface area contributed by atoms with Crippen LogP contribution in [-0.4, -0.2) is 59.8 Å². The minimum Gasteiger partial charge on any atom is -0.394 e. The summed E-state index contributed by atoms with van der Waals surface area (Å²) in [5, 5.41) is 24.2. The van der Waals surface area contributed by atoms with Crippen LogP contribution in [-0.2, 0) is 0 Å². The van der Waals surface area contributed by atoms with E-state index in [-0.39, 0.29) is 44.5 Å². The van der Waals surface area contributed by atoms with Crippen LogP contribution in [0.1, 0.15) is 41.5 Å². The Kier molecular flexibility index (Phi) is 33.5. The van der Waals surface area contributed by atoms with Gasteiger partial charge in [0, 0.05) is 44.5 Å². The van der Waals surface area contributed by atoms with Crippen molar-refractivity contribution in [3.8, 4) is 0 Å². The Hall–Kier alpha value is 0.763. The molecule has 0 rings (SSSR count). The zero-order chi connectivity index (χ0) is 10.7. The van der Waals surface area contributed by atoms with Gasteiger partial charge in [-0.2, -0.15) is 0 Å². The number of hydrogen-bond acceptors (Lipinski definition) is 3. The van der Waals surface area contributed by atoms with Gasteiger partial charge in [-0.25, -0.2) is 0 Å². The predicted molar refractivity (Wildman–Crippen MR) is 57.8 cm³/mol. The Morgan fingerprint density at radius 1 is 0.538 bits per heavy atom. The molecule has 3 N–H and O–H groups in total. The molecule has 0 atom stereocenters. The number of rotatable bonds is 0. The van der Waals surface area contributed by atoms with Crippen molar-refractivity contribution in [2.45, 2.75) is 59.9 Å². The normalized spacial score (nSPS) is 8.31. The van der Waals surface area contributed by atoms with Gasteiger partial charge in [-0.1, -0.05) is 0 Å². The second kappa shape index (κ2) is 18.5. The summed E-state index contributed by atoms with van der Waals surface area (Å²) in [5.41, 5.74) is 0. The molecule has 0 amide bonds. The quantitative estimate of drug-likeness (QED) is 0.537. The first-order chi connectivity index (χ1) is 5.20. The zero-order valence-electron chi connectivity index (χ0n) is 9.52. The van der Waals surface area contributed by atoms with Crippen LogP contribution in [0.5, 0.6) is 0 Å². The fraction of sp³-hybridized carbons (Fsp3) is 1.00. The minimum atomic E-state index is -0.167. The molecule has 0 aliphatic rings. The first kappa shape index (κ1) is 23.5. The first-order valence-electron chi connectivity index (χ1n) is 4.24. The van der Waals surface area contributed by atoms with Gasteiger partial charge in [-0.15, -0.1) is 0 Å². The second-order valence-electron chi connectivity index (χ2n) is 3.28. The van der Waals surface area contributed by atoms with Gasteiger partial charge < -0.3 is 15.3 Å². The number of aliphatic hydroxyl groups is 3. The van der Waals surface area contributed by atoms with Crippen LogP contribution < -0.4 is 0 Å². The molecule has 83 valence electrons. The molecule has 3 nitrogen and oxygen atoms in total. The molecule has 0 bridgehead atoms. The van der Waals surface area contributed by atoms with Gasteiger partial charge in [-0.05, 0) is 41.5 Å². The fourth-order valence-electron chi connectivity index (χ4n) is 0. The van der Waals surface area contributed by atoms with E-state index in [1.54, 1.807) is 41.5 Å². The third-order valence-corrected chi connectivity index (χ3v) is 0. The van der Waals surface area contributed by atoms with Crippen molar-refractivity contribution in [2.75, 3.05) is 0 Å². The maximum Gasteiger partial charge on any atom is 0.0483 e. The smallest absolute Gasteiger partial charge is 0.0483 e. The fourth-order valence-corrected chi connectivity index (χ4v) is 0. The van der Waals surface area contributed by atoms with Crippen molar-refractivity contribution >= 4 is 26.2 Å². The number of hydrogen-bond donors (Lipinski definition) is 3. The summed E-state index contributed by atoms with van der Waals surface area (Å²) in [7, 11) is 0. The molecule has 0 aromatic rings. The Morgan fingerprint density at radius 3 is 0.538 bits per heavy atom. The van der Waals surface area contributed by atoms with Gasteiger partial charge >= 0.3 is 0 Å². The summed E-state index contributed by atoms with van der Waals surface area (Å²) in [6.07, 6.45) is -0.500. The molecular formula is C9H24BiO3. The summed E-state index contributed by atoms with van der Waals surface area (Å²) >= 11 is 0. The summed E-state index contributed by atoms with van der Waals surface area (Å²) in [6.45, 7) is 10.3. The van der Waals surface area contributed by atoms with Crippen molar-refractivity contribution in [3.05, 3.63) is 0 Å². The third kappa shape index (κ3) is 2540. The maximum absolute atomic E-state index is 8.06. The third-order valence-electron chi connectivity index (χ3n) is 0. The molecule has 0 aromatic carbocycles. The van der Waals surface area contributed by atoms with Gasteiger partial charge in [0.25, 0.3) is 0 Å². The van der Waals surface area contributed by atoms with E-state index < -0.39 is 0 Å². The predicted octanol–water partition coefficient (Wildman–Crippen LogP) is 0.780. The van der Waals surface area contributed by atoms with Gasteiger partial charge in [0.15, 0.2) is 0 Å². The van der Waals surface area contributed by atoms with Crippen LogP contribution >= 0.6 is 0 Å². The molecule has 0 unspecified atom stereocenters. The van der Waals surface area contributed by atoms with Crippen LogP contribution in [0.4, 0.5) is 0 Å². The van der Waals surface area contributed by atoms with Crippen LogP contribution in [0, 0.1) is 0 Å². The SMILES string of the molecule is CC(C)O.CC(C)O.CC(C)O.[Bi]. The van der Waals surface area contributed by atoms with Gasteiger partial charge in [0.2, 0.25) is 0 Å². The molecule has 13 heavy (non-hydrogen) atoms. The van der Waals surface area contributed by atoms with Gasteiger partial charge in [-0.3, -0.25) is 0 Å². The summed E-state index contributed by atoms with van der Waals surface area (Å²) in [5.74, 6) is 0. The molecule has 0 aliphatic heterocycles. The van der Waals surface area contributed by atoms with Crippen LogP contribution in [0.2, 0.25) is 0 Å². The summed E-state index contributed by atoms with van der Waals surface area (Å²) < 4.78 is 0. The van der Waals surface area contributed by atoms with E-state index in [1.165, 1.54) is 0 Å². The summed E-state index contributed by atoms with van der Waals surface area (Å²) in [4.78, 5) is 0. The van der Waals surface area contributed by atoms with E-state index >= 15 is 0 Å². The molecule has 0 heterocycles. The van der Waals surface area contributed by atoms with Crippen molar-refractivity contribution < 1.29 is 15.3 Å². The Morgan fingerprint density at radius 2 is 0.538 bits per heavy atom. The van der Waals surface area contributed by atoms with E-state index in [9.17, 15) is 0 Å². The Bertz CT molecular complexity index is 43.4. The molecule has 0 aliphatic carbocycles. The van der Waals surface area contributed by atoms with Crippen LogP contribution in [0.15, 0.2) is 0 Å². The monoisotopic (exact) mass is 389 g/mol. The molecule has 0 spiro atoms. The van der Waals surface area contributed by atoms with Crippen molar-refractivity contribution in [1.29, 1.82) is 0 Å². The van der Waals surface area contributed by atoms with Gasteiger partial charge in [0.1, 0.15) is 0 Å². The second-order valence-corrected chi connectivity index (χ2v) is 3.28. The molecule has 0 saturated carbocycles. The van der Waals surface area contributed by atoms with Crippen molar-refractivity contribution in [2.24, 2.45) is 0 Å². The maximum atomic E-state index is 8.06. The van der Waals surface area contributed by atoms with E-state index in [4.69, 9.17) is 15.3 Å². The Balaban J connectivity index is -0.0000000450. The summed E-state index contributed by atoms with van der Waals surface area (Å²) in [6, 6.07) is 0. The topological polar surface area (TPSA) is 60.7 Å². The molecular weight excluding hydrogens is 365 g/mol. The molecule has 0 saturated heterocycles. The molecule has 0 fully saturated rings. The van der Waals surface area contributed by atoms with E-state index in [1.807, 2.05) is 0 Å².